The van der Waals surface area contributed by atoms with E-state index in [1.54, 1.807) is 10.6 Å². The van der Waals surface area contributed by atoms with E-state index < -0.39 is 5.97 Å². The molecule has 0 aliphatic heterocycles. The fourth-order valence-electron chi connectivity index (χ4n) is 1.18. The fraction of sp³-hybridized carbons (Fsp3) is 0.250. The molecule has 2 heterocycles. The zero-order chi connectivity index (χ0) is 10.1. The van der Waals surface area contributed by atoms with Gasteiger partial charge in [0.05, 0.1) is 13.3 Å². The predicted octanol–water partition coefficient (Wildman–Crippen LogP) is 0.219. The van der Waals surface area contributed by atoms with E-state index >= 15 is 0 Å². The van der Waals surface area contributed by atoms with Crippen LogP contribution in [0.25, 0.3) is 5.65 Å². The van der Waals surface area contributed by atoms with Gasteiger partial charge in [-0.2, -0.15) is 4.52 Å². The number of rotatable bonds is 1. The highest BCUT2D eigenvalue weighted by Crippen LogP contribution is 2.05. The Balaban J connectivity index is 2.64. The van der Waals surface area contributed by atoms with Crippen LogP contribution in [0.15, 0.2) is 12.3 Å². The molecule has 0 aliphatic carbocycles. The average Bonchev–Trinajstić information content (AvgIpc) is 2.64. The molecule has 0 saturated carbocycles. The minimum atomic E-state index is -0.461. The largest absolute Gasteiger partial charge is 0.464 e. The van der Waals surface area contributed by atoms with Crippen molar-refractivity contribution < 1.29 is 9.53 Å². The van der Waals surface area contributed by atoms with Gasteiger partial charge in [0.2, 0.25) is 0 Å². The minimum absolute atomic E-state index is 0.264. The summed E-state index contributed by atoms with van der Waals surface area (Å²) < 4.78 is 6.11. The summed E-state index contributed by atoms with van der Waals surface area (Å²) in [6.45, 7) is 1.82. The molecule has 0 aliphatic rings. The summed E-state index contributed by atoms with van der Waals surface area (Å²) >= 11 is 0. The van der Waals surface area contributed by atoms with Crippen molar-refractivity contribution in [1.29, 1.82) is 0 Å². The van der Waals surface area contributed by atoms with Crippen molar-refractivity contribution >= 4 is 11.6 Å². The Morgan fingerprint density at radius 2 is 2.36 bits per heavy atom. The highest BCUT2D eigenvalue weighted by molar-refractivity contribution is 5.87. The molecule has 14 heavy (non-hydrogen) atoms. The molecule has 0 N–H and O–H groups in total. The third-order valence-corrected chi connectivity index (χ3v) is 1.84. The topological polar surface area (TPSA) is 69.4 Å². The van der Waals surface area contributed by atoms with Gasteiger partial charge >= 0.3 is 5.97 Å². The molecule has 72 valence electrons. The summed E-state index contributed by atoms with van der Waals surface area (Å²) in [5.74, 6) is -0.461. The third-order valence-electron chi connectivity index (χ3n) is 1.84. The van der Waals surface area contributed by atoms with Crippen molar-refractivity contribution in [3.05, 3.63) is 23.7 Å². The van der Waals surface area contributed by atoms with Crippen LogP contribution in [0.4, 0.5) is 0 Å². The second kappa shape index (κ2) is 3.06. The van der Waals surface area contributed by atoms with Gasteiger partial charge in [-0.15, -0.1) is 5.10 Å². The number of carbonyl (C=O) groups is 1. The lowest BCUT2D eigenvalue weighted by Gasteiger charge is -2.01. The maximum atomic E-state index is 11.2. The zero-order valence-corrected chi connectivity index (χ0v) is 7.76. The quantitative estimate of drug-likeness (QED) is 0.604. The lowest BCUT2D eigenvalue weighted by atomic mass is 10.3. The minimum Gasteiger partial charge on any atom is -0.464 e. The van der Waals surface area contributed by atoms with E-state index in [4.69, 9.17) is 0 Å². The molecule has 6 nitrogen and oxygen atoms in total. The molecule has 0 atom stereocenters. The molecule has 2 aromatic rings. The molecule has 0 amide bonds. The lowest BCUT2D eigenvalue weighted by Crippen LogP contribution is -2.07. The van der Waals surface area contributed by atoms with Gasteiger partial charge in [-0.1, -0.05) is 5.21 Å². The monoisotopic (exact) mass is 192 g/mol. The first kappa shape index (κ1) is 8.61. The normalized spacial score (nSPS) is 10.4. The maximum absolute atomic E-state index is 11.2. The molecule has 0 aromatic carbocycles. The van der Waals surface area contributed by atoms with E-state index in [2.05, 4.69) is 20.0 Å². The van der Waals surface area contributed by atoms with Crippen LogP contribution in [-0.4, -0.2) is 32.9 Å². The van der Waals surface area contributed by atoms with Crippen LogP contribution in [0.3, 0.4) is 0 Å². The number of esters is 1. The average molecular weight is 192 g/mol. The maximum Gasteiger partial charge on any atom is 0.356 e. The predicted molar refractivity (Wildman–Crippen MR) is 46.9 cm³/mol. The Morgan fingerprint density at radius 1 is 1.57 bits per heavy atom. The highest BCUT2D eigenvalue weighted by atomic mass is 16.5. The highest BCUT2D eigenvalue weighted by Gasteiger charge is 2.10. The van der Waals surface area contributed by atoms with Crippen molar-refractivity contribution in [2.24, 2.45) is 0 Å². The van der Waals surface area contributed by atoms with E-state index in [0.717, 1.165) is 5.69 Å². The number of ether oxygens (including phenoxy) is 1. The standard InChI is InChI=1S/C8H8N4O2/c1-5-3-6(8(13)14-2)10-7-4-9-11-12(5)7/h3-4H,1-2H3. The SMILES string of the molecule is COC(=O)c1cc(C)n2nncc2n1. The second-order valence-electron chi connectivity index (χ2n) is 2.78. The molecular formula is C8H8N4O2. The molecule has 2 rings (SSSR count). The number of nitrogens with zero attached hydrogens (tertiary/aromatic N) is 4. The number of fused-ring (bicyclic) bond motifs is 1. The Morgan fingerprint density at radius 3 is 3.07 bits per heavy atom. The van der Waals surface area contributed by atoms with Crippen LogP contribution >= 0.6 is 0 Å². The van der Waals surface area contributed by atoms with Crippen LogP contribution in [-0.2, 0) is 4.74 Å². The molecule has 0 spiro atoms. The summed E-state index contributed by atoms with van der Waals surface area (Å²) in [5.41, 5.74) is 1.58. The summed E-state index contributed by atoms with van der Waals surface area (Å²) in [4.78, 5) is 15.2. The first-order valence-corrected chi connectivity index (χ1v) is 3.99. The van der Waals surface area contributed by atoms with Crippen LogP contribution in [0.5, 0.6) is 0 Å². The van der Waals surface area contributed by atoms with Gasteiger partial charge < -0.3 is 4.74 Å². The summed E-state index contributed by atoms with van der Waals surface area (Å²) in [6, 6.07) is 1.60. The summed E-state index contributed by atoms with van der Waals surface area (Å²) in [5, 5.41) is 7.48. The van der Waals surface area contributed by atoms with Crippen LogP contribution in [0, 0.1) is 6.92 Å². The van der Waals surface area contributed by atoms with Gasteiger partial charge in [0.1, 0.15) is 0 Å². The summed E-state index contributed by atoms with van der Waals surface area (Å²) in [7, 11) is 1.32. The van der Waals surface area contributed by atoms with Gasteiger partial charge in [-0.25, -0.2) is 9.78 Å². The van der Waals surface area contributed by atoms with Gasteiger partial charge in [0.15, 0.2) is 11.3 Å². The third kappa shape index (κ3) is 1.20. The summed E-state index contributed by atoms with van der Waals surface area (Å²) in [6.07, 6.45) is 1.49. The first-order valence-electron chi connectivity index (χ1n) is 3.99. The van der Waals surface area contributed by atoms with E-state index in [1.807, 2.05) is 6.92 Å². The Labute approximate surface area is 79.5 Å². The molecular weight excluding hydrogens is 184 g/mol. The Bertz CT molecular complexity index is 491. The number of carbonyl (C=O) groups excluding carboxylic acids is 1. The van der Waals surface area contributed by atoms with Crippen LogP contribution in [0.2, 0.25) is 0 Å². The number of aromatic nitrogens is 4. The van der Waals surface area contributed by atoms with Crippen molar-refractivity contribution in [1.82, 2.24) is 19.8 Å². The molecule has 0 fully saturated rings. The molecule has 0 bridgehead atoms. The van der Waals surface area contributed by atoms with Gasteiger partial charge in [-0.3, -0.25) is 0 Å². The zero-order valence-electron chi connectivity index (χ0n) is 7.76. The van der Waals surface area contributed by atoms with E-state index in [-0.39, 0.29) is 5.69 Å². The molecule has 0 unspecified atom stereocenters. The Hall–Kier alpha value is -1.98. The molecule has 0 radical (unpaired) electrons. The number of hydrogen-bond donors (Lipinski definition) is 0. The number of aryl methyl sites for hydroxylation is 1. The lowest BCUT2D eigenvalue weighted by molar-refractivity contribution is 0.0594. The second-order valence-corrected chi connectivity index (χ2v) is 2.78. The van der Waals surface area contributed by atoms with Crippen molar-refractivity contribution in [2.75, 3.05) is 7.11 Å². The first-order chi connectivity index (χ1) is 6.72. The van der Waals surface area contributed by atoms with Crippen molar-refractivity contribution in [3.8, 4) is 0 Å². The van der Waals surface area contributed by atoms with Gasteiger partial charge in [-0.05, 0) is 13.0 Å². The van der Waals surface area contributed by atoms with Crippen LogP contribution in [0.1, 0.15) is 16.2 Å². The van der Waals surface area contributed by atoms with Gasteiger partial charge in [0.25, 0.3) is 0 Å². The fourth-order valence-corrected chi connectivity index (χ4v) is 1.18. The number of methoxy groups -OCH3 is 1. The van der Waals surface area contributed by atoms with Crippen molar-refractivity contribution in [2.45, 2.75) is 6.92 Å². The van der Waals surface area contributed by atoms with E-state index in [9.17, 15) is 4.79 Å². The van der Waals surface area contributed by atoms with Crippen molar-refractivity contribution in [3.63, 3.8) is 0 Å². The Kier molecular flexibility index (Phi) is 1.88. The van der Waals surface area contributed by atoms with Crippen LogP contribution < -0.4 is 0 Å². The van der Waals surface area contributed by atoms with E-state index in [0.29, 0.717) is 5.65 Å². The molecule has 0 saturated heterocycles. The molecule has 6 heteroatoms. The smallest absolute Gasteiger partial charge is 0.356 e. The molecule has 2 aromatic heterocycles. The van der Waals surface area contributed by atoms with Gasteiger partial charge in [0, 0.05) is 5.69 Å². The number of hydrogen-bond acceptors (Lipinski definition) is 5. The van der Waals surface area contributed by atoms with E-state index in [1.165, 1.54) is 13.3 Å².